The Hall–Kier alpha value is -2.44. The molecule has 1 N–H and O–H groups in total. The first-order valence-corrected chi connectivity index (χ1v) is 5.41. The van der Waals surface area contributed by atoms with Crippen molar-refractivity contribution in [3.63, 3.8) is 0 Å². The van der Waals surface area contributed by atoms with E-state index in [2.05, 4.69) is 15.0 Å². The maximum atomic E-state index is 12.2. The van der Waals surface area contributed by atoms with Gasteiger partial charge in [0.1, 0.15) is 16.7 Å². The standard InChI is InChI=1S/C11H11N5O2/c1-5-13-6-4-12-9-7(8(6)14-5)10(17)16(3)11(18)15(9)2/h4H,1-3H3,(H,13,14). The molecule has 3 heterocycles. The van der Waals surface area contributed by atoms with Crippen LogP contribution < -0.4 is 11.2 Å². The van der Waals surface area contributed by atoms with Gasteiger partial charge in [-0.1, -0.05) is 0 Å². The molecule has 3 aromatic rings. The molecule has 0 fully saturated rings. The van der Waals surface area contributed by atoms with Gasteiger partial charge in [0.05, 0.1) is 11.7 Å². The van der Waals surface area contributed by atoms with Crippen LogP contribution in [0.15, 0.2) is 15.8 Å². The second kappa shape index (κ2) is 3.28. The van der Waals surface area contributed by atoms with Crippen LogP contribution in [0, 0.1) is 6.92 Å². The SMILES string of the molecule is Cc1nc2c(cnc3c2c(=O)n(C)c(=O)n3C)[nH]1. The highest BCUT2D eigenvalue weighted by atomic mass is 16.2. The molecule has 0 atom stereocenters. The number of fused-ring (bicyclic) bond motifs is 3. The van der Waals surface area contributed by atoms with Crippen LogP contribution in [0.25, 0.3) is 22.1 Å². The predicted molar refractivity (Wildman–Crippen MR) is 66.6 cm³/mol. The molecule has 0 saturated heterocycles. The number of rotatable bonds is 0. The Bertz CT molecular complexity index is 900. The average molecular weight is 245 g/mol. The van der Waals surface area contributed by atoms with E-state index in [-0.39, 0.29) is 5.56 Å². The fourth-order valence-electron chi connectivity index (χ4n) is 2.11. The highest BCUT2D eigenvalue weighted by Crippen LogP contribution is 2.16. The van der Waals surface area contributed by atoms with Crippen molar-refractivity contribution >= 4 is 22.1 Å². The molecule has 3 rings (SSSR count). The summed E-state index contributed by atoms with van der Waals surface area (Å²) in [6.07, 6.45) is 1.58. The number of aryl methyl sites for hydroxylation is 2. The van der Waals surface area contributed by atoms with Crippen molar-refractivity contribution in [1.82, 2.24) is 24.1 Å². The molecule has 0 unspecified atom stereocenters. The number of H-pyrrole nitrogens is 1. The van der Waals surface area contributed by atoms with Crippen LogP contribution in [-0.4, -0.2) is 24.1 Å². The lowest BCUT2D eigenvalue weighted by Crippen LogP contribution is -2.37. The Morgan fingerprint density at radius 1 is 1.22 bits per heavy atom. The third-order valence-corrected chi connectivity index (χ3v) is 3.04. The summed E-state index contributed by atoms with van der Waals surface area (Å²) in [5.74, 6) is 0.704. The molecule has 0 aliphatic rings. The zero-order chi connectivity index (χ0) is 13.0. The monoisotopic (exact) mass is 245 g/mol. The molecule has 0 amide bonds. The molecule has 7 heteroatoms. The van der Waals surface area contributed by atoms with Crippen LogP contribution in [0.5, 0.6) is 0 Å². The molecule has 0 aromatic carbocycles. The second-order valence-corrected chi connectivity index (χ2v) is 4.25. The first-order valence-electron chi connectivity index (χ1n) is 5.41. The van der Waals surface area contributed by atoms with Crippen molar-refractivity contribution in [3.8, 4) is 0 Å². The maximum absolute atomic E-state index is 12.2. The Morgan fingerprint density at radius 3 is 2.67 bits per heavy atom. The smallest absolute Gasteiger partial charge is 0.332 e. The van der Waals surface area contributed by atoms with E-state index >= 15 is 0 Å². The number of aromatic nitrogens is 5. The van der Waals surface area contributed by atoms with Gasteiger partial charge in [-0.3, -0.25) is 13.9 Å². The van der Waals surface area contributed by atoms with E-state index < -0.39 is 5.69 Å². The fraction of sp³-hybridized carbons (Fsp3) is 0.273. The fourth-order valence-corrected chi connectivity index (χ4v) is 2.11. The Balaban J connectivity index is 2.75. The highest BCUT2D eigenvalue weighted by molar-refractivity contribution is 5.99. The summed E-state index contributed by atoms with van der Waals surface area (Å²) in [5.41, 5.74) is 0.816. The van der Waals surface area contributed by atoms with Gasteiger partial charge in [-0.2, -0.15) is 0 Å². The van der Waals surface area contributed by atoms with E-state index in [9.17, 15) is 9.59 Å². The van der Waals surface area contributed by atoms with Gasteiger partial charge in [0.15, 0.2) is 5.65 Å². The Kier molecular flexibility index (Phi) is 1.95. The lowest BCUT2D eigenvalue weighted by Gasteiger charge is -2.05. The minimum Gasteiger partial charge on any atom is -0.341 e. The molecule has 92 valence electrons. The molecule has 0 bridgehead atoms. The van der Waals surface area contributed by atoms with Gasteiger partial charge < -0.3 is 4.98 Å². The second-order valence-electron chi connectivity index (χ2n) is 4.25. The van der Waals surface area contributed by atoms with Crippen LogP contribution in [0.3, 0.4) is 0 Å². The van der Waals surface area contributed by atoms with Gasteiger partial charge >= 0.3 is 5.69 Å². The number of hydrogen-bond acceptors (Lipinski definition) is 4. The van der Waals surface area contributed by atoms with Gasteiger partial charge in [-0.25, -0.2) is 14.8 Å². The molecule has 0 radical (unpaired) electrons. The average Bonchev–Trinajstić information content (AvgIpc) is 2.72. The molecule has 7 nitrogen and oxygen atoms in total. The summed E-state index contributed by atoms with van der Waals surface area (Å²) in [6, 6.07) is 0. The normalized spacial score (nSPS) is 11.5. The molecule has 0 aliphatic heterocycles. The summed E-state index contributed by atoms with van der Waals surface area (Å²) in [4.78, 5) is 35.5. The number of nitrogens with one attached hydrogen (secondary N) is 1. The first-order chi connectivity index (χ1) is 8.50. The van der Waals surface area contributed by atoms with E-state index in [0.717, 1.165) is 4.57 Å². The molecule has 3 aromatic heterocycles. The van der Waals surface area contributed by atoms with Gasteiger partial charge in [-0.15, -0.1) is 0 Å². The van der Waals surface area contributed by atoms with E-state index in [1.165, 1.54) is 11.6 Å². The summed E-state index contributed by atoms with van der Waals surface area (Å²) in [5, 5.41) is 0.362. The van der Waals surface area contributed by atoms with Crippen LogP contribution in [0.1, 0.15) is 5.82 Å². The molecular formula is C11H11N5O2. The lowest BCUT2D eigenvalue weighted by molar-refractivity contribution is 0.708. The van der Waals surface area contributed by atoms with E-state index in [1.54, 1.807) is 20.2 Å². The molecule has 18 heavy (non-hydrogen) atoms. The third-order valence-electron chi connectivity index (χ3n) is 3.04. The van der Waals surface area contributed by atoms with Crippen molar-refractivity contribution in [2.75, 3.05) is 0 Å². The number of aromatic amines is 1. The van der Waals surface area contributed by atoms with Crippen molar-refractivity contribution in [2.45, 2.75) is 6.92 Å². The summed E-state index contributed by atoms with van der Waals surface area (Å²) in [7, 11) is 3.03. The van der Waals surface area contributed by atoms with Crippen LogP contribution >= 0.6 is 0 Å². The third kappa shape index (κ3) is 1.18. The lowest BCUT2D eigenvalue weighted by atomic mass is 10.3. The van der Waals surface area contributed by atoms with Gasteiger partial charge in [0, 0.05) is 14.1 Å². The zero-order valence-electron chi connectivity index (χ0n) is 10.2. The van der Waals surface area contributed by atoms with Gasteiger partial charge in [-0.05, 0) is 6.92 Å². The maximum Gasteiger partial charge on any atom is 0.332 e. The van der Waals surface area contributed by atoms with Crippen molar-refractivity contribution < 1.29 is 0 Å². The molecule has 0 aliphatic carbocycles. The number of pyridine rings is 1. The Morgan fingerprint density at radius 2 is 1.94 bits per heavy atom. The van der Waals surface area contributed by atoms with E-state index in [1.807, 2.05) is 0 Å². The minimum atomic E-state index is -0.397. The van der Waals surface area contributed by atoms with Crippen LogP contribution in [0.4, 0.5) is 0 Å². The van der Waals surface area contributed by atoms with Crippen molar-refractivity contribution in [3.05, 3.63) is 32.9 Å². The number of hydrogen-bond donors (Lipinski definition) is 1. The quantitative estimate of drug-likeness (QED) is 0.595. The minimum absolute atomic E-state index is 0.349. The number of imidazole rings is 1. The van der Waals surface area contributed by atoms with Crippen molar-refractivity contribution in [1.29, 1.82) is 0 Å². The highest BCUT2D eigenvalue weighted by Gasteiger charge is 2.14. The summed E-state index contributed by atoms with van der Waals surface area (Å²) >= 11 is 0. The van der Waals surface area contributed by atoms with E-state index in [4.69, 9.17) is 0 Å². The zero-order valence-corrected chi connectivity index (χ0v) is 10.2. The van der Waals surface area contributed by atoms with Crippen LogP contribution in [0.2, 0.25) is 0 Å². The topological polar surface area (TPSA) is 85.6 Å². The Labute approximate surface area is 101 Å². The first kappa shape index (κ1) is 10.7. The van der Waals surface area contributed by atoms with E-state index in [0.29, 0.717) is 27.9 Å². The molecule has 0 spiro atoms. The predicted octanol–water partition coefficient (Wildman–Crippen LogP) is -0.183. The van der Waals surface area contributed by atoms with Gasteiger partial charge in [0.25, 0.3) is 5.56 Å². The molecule has 0 saturated carbocycles. The van der Waals surface area contributed by atoms with Gasteiger partial charge in [0.2, 0.25) is 0 Å². The largest absolute Gasteiger partial charge is 0.341 e. The van der Waals surface area contributed by atoms with Crippen molar-refractivity contribution in [2.24, 2.45) is 14.1 Å². The molecular weight excluding hydrogens is 234 g/mol. The van der Waals surface area contributed by atoms with Crippen LogP contribution in [-0.2, 0) is 14.1 Å². The summed E-state index contributed by atoms with van der Waals surface area (Å²) < 4.78 is 2.41. The number of nitrogens with zero attached hydrogens (tertiary/aromatic N) is 4. The summed E-state index contributed by atoms with van der Waals surface area (Å²) in [6.45, 7) is 1.80.